The fourth-order valence-electron chi connectivity index (χ4n) is 0.662. The van der Waals surface area contributed by atoms with Gasteiger partial charge in [0.05, 0.1) is 0 Å². The molecule has 0 saturated heterocycles. The van der Waals surface area contributed by atoms with E-state index < -0.39 is 13.5 Å². The Kier molecular flexibility index (Phi) is 2.90. The SMILES string of the molecule is OBOc1ccc(Br)cc1F. The molecule has 1 N–H and O–H groups in total. The van der Waals surface area contributed by atoms with Crippen molar-refractivity contribution in [3.8, 4) is 5.75 Å². The van der Waals surface area contributed by atoms with E-state index in [1.807, 2.05) is 0 Å². The zero-order valence-corrected chi connectivity index (χ0v) is 7.14. The van der Waals surface area contributed by atoms with Crippen molar-refractivity contribution in [3.63, 3.8) is 0 Å². The summed E-state index contributed by atoms with van der Waals surface area (Å²) in [6.07, 6.45) is 0. The van der Waals surface area contributed by atoms with Gasteiger partial charge in [-0.15, -0.1) is 0 Å². The molecule has 0 aliphatic heterocycles. The van der Waals surface area contributed by atoms with Crippen LogP contribution in [0.1, 0.15) is 0 Å². The Bertz CT molecular complexity index is 256. The van der Waals surface area contributed by atoms with Gasteiger partial charge in [0.25, 0.3) is 0 Å². The number of rotatable bonds is 2. The highest BCUT2D eigenvalue weighted by Gasteiger charge is 2.02. The summed E-state index contributed by atoms with van der Waals surface area (Å²) in [5.41, 5.74) is 0. The van der Waals surface area contributed by atoms with Crippen LogP contribution in [0.3, 0.4) is 0 Å². The molecule has 5 heteroatoms. The van der Waals surface area contributed by atoms with Crippen molar-refractivity contribution < 1.29 is 14.1 Å². The molecule has 0 radical (unpaired) electrons. The third-order valence-electron chi connectivity index (χ3n) is 1.11. The number of hydrogen-bond acceptors (Lipinski definition) is 2. The zero-order valence-electron chi connectivity index (χ0n) is 5.55. The standard InChI is InChI=1S/C6H5BBrFO2/c8-4-1-2-6(11-7-10)5(9)3-4/h1-3,7,10H. The normalized spacial score (nSPS) is 9.36. The minimum atomic E-state index is -0.515. The Morgan fingerprint density at radius 2 is 2.27 bits per heavy atom. The maximum atomic E-state index is 12.8. The van der Waals surface area contributed by atoms with Crippen molar-refractivity contribution in [2.45, 2.75) is 0 Å². The molecule has 2 nitrogen and oxygen atoms in total. The Balaban J connectivity index is 2.90. The van der Waals surface area contributed by atoms with E-state index in [0.717, 1.165) is 0 Å². The largest absolute Gasteiger partial charge is 0.537 e. The lowest BCUT2D eigenvalue weighted by atomic mass is 10.3. The van der Waals surface area contributed by atoms with Crippen LogP contribution in [0.4, 0.5) is 4.39 Å². The van der Waals surface area contributed by atoms with E-state index >= 15 is 0 Å². The Hall–Kier alpha value is -0.545. The van der Waals surface area contributed by atoms with Crippen LogP contribution in [-0.2, 0) is 0 Å². The van der Waals surface area contributed by atoms with Gasteiger partial charge in [-0.25, -0.2) is 4.39 Å². The van der Waals surface area contributed by atoms with Gasteiger partial charge in [-0.1, -0.05) is 15.9 Å². The molecule has 0 amide bonds. The van der Waals surface area contributed by atoms with Gasteiger partial charge < -0.3 is 9.68 Å². The number of hydrogen-bond donors (Lipinski definition) is 1. The molecule has 11 heavy (non-hydrogen) atoms. The lowest BCUT2D eigenvalue weighted by Crippen LogP contribution is -2.01. The third-order valence-corrected chi connectivity index (χ3v) is 1.61. The predicted molar refractivity (Wildman–Crippen MR) is 44.1 cm³/mol. The number of halogens is 2. The summed E-state index contributed by atoms with van der Waals surface area (Å²) < 4.78 is 18.0. The molecule has 1 aromatic rings. The monoisotopic (exact) mass is 218 g/mol. The second-order valence-electron chi connectivity index (χ2n) is 1.85. The molecule has 58 valence electrons. The van der Waals surface area contributed by atoms with Crippen LogP contribution in [-0.4, -0.2) is 12.7 Å². The number of benzene rings is 1. The fraction of sp³-hybridized carbons (Fsp3) is 0. The topological polar surface area (TPSA) is 29.5 Å². The highest BCUT2D eigenvalue weighted by molar-refractivity contribution is 9.10. The van der Waals surface area contributed by atoms with E-state index in [4.69, 9.17) is 5.02 Å². The molecule has 1 rings (SSSR count). The first-order valence-electron chi connectivity index (χ1n) is 2.93. The second-order valence-corrected chi connectivity index (χ2v) is 2.76. The van der Waals surface area contributed by atoms with Crippen LogP contribution in [0.5, 0.6) is 5.75 Å². The van der Waals surface area contributed by atoms with Gasteiger partial charge in [0, 0.05) is 4.47 Å². The van der Waals surface area contributed by atoms with E-state index in [1.165, 1.54) is 12.1 Å². The average molecular weight is 219 g/mol. The maximum Gasteiger partial charge on any atom is 0.504 e. The van der Waals surface area contributed by atoms with E-state index in [0.29, 0.717) is 4.47 Å². The van der Waals surface area contributed by atoms with Gasteiger partial charge in [-0.2, -0.15) is 0 Å². The van der Waals surface area contributed by atoms with Crippen LogP contribution in [0.2, 0.25) is 0 Å². The van der Waals surface area contributed by atoms with Gasteiger partial charge in [-0.05, 0) is 18.2 Å². The van der Waals surface area contributed by atoms with Crippen molar-refractivity contribution in [1.82, 2.24) is 0 Å². The first kappa shape index (κ1) is 8.55. The van der Waals surface area contributed by atoms with Crippen LogP contribution in [0.25, 0.3) is 0 Å². The van der Waals surface area contributed by atoms with E-state index in [1.54, 1.807) is 6.07 Å². The summed E-state index contributed by atoms with van der Waals surface area (Å²) in [5, 5.41) is 8.31. The first-order chi connectivity index (χ1) is 5.24. The average Bonchev–Trinajstić information content (AvgIpc) is 1.95. The Morgan fingerprint density at radius 3 is 2.82 bits per heavy atom. The molecule has 0 saturated carbocycles. The molecule has 0 bridgehead atoms. The highest BCUT2D eigenvalue weighted by atomic mass is 79.9. The van der Waals surface area contributed by atoms with Crippen molar-refractivity contribution >= 4 is 23.6 Å². The van der Waals surface area contributed by atoms with Crippen molar-refractivity contribution in [2.24, 2.45) is 0 Å². The maximum absolute atomic E-state index is 12.8. The second kappa shape index (κ2) is 3.73. The van der Waals surface area contributed by atoms with Gasteiger partial charge in [0.15, 0.2) is 5.82 Å². The van der Waals surface area contributed by atoms with Crippen LogP contribution >= 0.6 is 15.9 Å². The van der Waals surface area contributed by atoms with Crippen LogP contribution in [0, 0.1) is 5.82 Å². The van der Waals surface area contributed by atoms with Crippen LogP contribution < -0.4 is 4.65 Å². The third kappa shape index (κ3) is 2.20. The molecule has 0 spiro atoms. The summed E-state index contributed by atoms with van der Waals surface area (Å²) >= 11 is 3.09. The van der Waals surface area contributed by atoms with E-state index in [9.17, 15) is 4.39 Å². The highest BCUT2D eigenvalue weighted by Crippen LogP contribution is 2.20. The Labute approximate surface area is 72.4 Å². The Morgan fingerprint density at radius 1 is 1.55 bits per heavy atom. The summed E-state index contributed by atoms with van der Waals surface area (Å²) in [6, 6.07) is 4.34. The lowest BCUT2D eigenvalue weighted by Gasteiger charge is -2.02. The van der Waals surface area contributed by atoms with Gasteiger partial charge in [0.1, 0.15) is 5.75 Å². The summed E-state index contributed by atoms with van der Waals surface area (Å²) in [6.45, 7) is 0. The minimum absolute atomic E-state index is 0.0516. The van der Waals surface area contributed by atoms with Crippen LogP contribution in [0.15, 0.2) is 22.7 Å². The molecule has 0 heterocycles. The minimum Gasteiger partial charge on any atom is -0.537 e. The molecule has 0 aliphatic carbocycles. The molecule has 0 atom stereocenters. The molecule has 1 aromatic carbocycles. The lowest BCUT2D eigenvalue weighted by molar-refractivity contribution is 0.431. The molecular formula is C6H5BBrFO2. The molecule has 0 aliphatic rings. The summed E-state index contributed by atoms with van der Waals surface area (Å²) in [7, 11) is -0.515. The first-order valence-corrected chi connectivity index (χ1v) is 3.72. The quantitative estimate of drug-likeness (QED) is 0.757. The fourth-order valence-corrected chi connectivity index (χ4v) is 0.995. The van der Waals surface area contributed by atoms with E-state index in [2.05, 4.69) is 20.6 Å². The molecule has 0 aromatic heterocycles. The van der Waals surface area contributed by atoms with Crippen molar-refractivity contribution in [2.75, 3.05) is 0 Å². The summed E-state index contributed by atoms with van der Waals surface area (Å²) in [5.74, 6) is -0.441. The molecular weight excluding hydrogens is 214 g/mol. The van der Waals surface area contributed by atoms with Gasteiger partial charge in [0.2, 0.25) is 0 Å². The zero-order chi connectivity index (χ0) is 8.27. The smallest absolute Gasteiger partial charge is 0.504 e. The predicted octanol–water partition coefficient (Wildman–Crippen LogP) is 1.23. The van der Waals surface area contributed by atoms with Crippen molar-refractivity contribution in [3.05, 3.63) is 28.5 Å². The van der Waals surface area contributed by atoms with Gasteiger partial charge >= 0.3 is 7.69 Å². The molecule has 0 fully saturated rings. The van der Waals surface area contributed by atoms with E-state index in [-0.39, 0.29) is 5.75 Å². The molecule has 0 unspecified atom stereocenters. The van der Waals surface area contributed by atoms with Gasteiger partial charge in [-0.3, -0.25) is 0 Å². The summed E-state index contributed by atoms with van der Waals surface area (Å²) in [4.78, 5) is 0. The van der Waals surface area contributed by atoms with Crippen molar-refractivity contribution in [1.29, 1.82) is 0 Å².